The van der Waals surface area contributed by atoms with Gasteiger partial charge in [-0.1, -0.05) is 53.5 Å². The van der Waals surface area contributed by atoms with Crippen LogP contribution in [0, 0.1) is 0 Å². The number of rotatable bonds is 4. The second-order valence-electron chi connectivity index (χ2n) is 5.84. The highest BCUT2D eigenvalue weighted by Crippen LogP contribution is 2.25. The topological polar surface area (TPSA) is 15.3 Å². The van der Waals surface area contributed by atoms with E-state index in [4.69, 9.17) is 23.2 Å². The van der Waals surface area contributed by atoms with E-state index in [2.05, 4.69) is 40.5 Å². The van der Waals surface area contributed by atoms with Crippen molar-refractivity contribution in [3.63, 3.8) is 0 Å². The van der Waals surface area contributed by atoms with Gasteiger partial charge in [0.1, 0.15) is 0 Å². The zero-order valence-corrected chi connectivity index (χ0v) is 13.9. The van der Waals surface area contributed by atoms with Gasteiger partial charge in [0.05, 0.1) is 0 Å². The molecule has 1 heterocycles. The maximum absolute atomic E-state index is 6.05. The van der Waals surface area contributed by atoms with Crippen LogP contribution in [-0.2, 0) is 6.54 Å². The van der Waals surface area contributed by atoms with Crippen LogP contribution >= 0.6 is 23.2 Å². The summed E-state index contributed by atoms with van der Waals surface area (Å²) in [4.78, 5) is 2.51. The maximum atomic E-state index is 6.05. The van der Waals surface area contributed by atoms with Crippen molar-refractivity contribution in [2.24, 2.45) is 0 Å². The quantitative estimate of drug-likeness (QED) is 0.839. The van der Waals surface area contributed by atoms with Crippen LogP contribution in [0.15, 0.2) is 48.5 Å². The van der Waals surface area contributed by atoms with E-state index in [1.165, 1.54) is 5.56 Å². The first-order valence-corrected chi connectivity index (χ1v) is 8.43. The summed E-state index contributed by atoms with van der Waals surface area (Å²) >= 11 is 12.1. The summed E-state index contributed by atoms with van der Waals surface area (Å²) in [6, 6.07) is 16.8. The van der Waals surface area contributed by atoms with Crippen LogP contribution in [0.3, 0.4) is 0 Å². The molecule has 0 spiro atoms. The molecule has 1 aliphatic heterocycles. The molecule has 3 rings (SSSR count). The molecule has 0 atom stereocenters. The molecule has 0 amide bonds. The lowest BCUT2D eigenvalue weighted by Crippen LogP contribution is -2.38. The van der Waals surface area contributed by atoms with Gasteiger partial charge in [-0.3, -0.25) is 4.90 Å². The molecule has 116 valence electrons. The third-order valence-electron chi connectivity index (χ3n) is 4.07. The van der Waals surface area contributed by atoms with Gasteiger partial charge in [-0.2, -0.15) is 0 Å². The molecule has 2 aromatic carbocycles. The second-order valence-corrected chi connectivity index (χ2v) is 6.71. The Bertz CT molecular complexity index is 587. The number of hydrogen-bond donors (Lipinski definition) is 1. The fourth-order valence-corrected chi connectivity index (χ4v) is 3.48. The van der Waals surface area contributed by atoms with Crippen molar-refractivity contribution in [2.45, 2.75) is 25.4 Å². The molecule has 1 fully saturated rings. The molecule has 0 aromatic heterocycles. The van der Waals surface area contributed by atoms with Gasteiger partial charge in [-0.05, 0) is 36.6 Å². The summed E-state index contributed by atoms with van der Waals surface area (Å²) in [6.07, 6.45) is 2.27. The summed E-state index contributed by atoms with van der Waals surface area (Å²) in [5, 5.41) is 4.91. The smallest absolute Gasteiger partial charge is 0.0441 e. The molecule has 2 nitrogen and oxygen atoms in total. The number of benzene rings is 2. The Morgan fingerprint density at radius 3 is 2.23 bits per heavy atom. The molecule has 0 aliphatic carbocycles. The minimum Gasteiger partial charge on any atom is -0.382 e. The van der Waals surface area contributed by atoms with E-state index in [-0.39, 0.29) is 0 Å². The van der Waals surface area contributed by atoms with E-state index in [1.54, 1.807) is 6.07 Å². The van der Waals surface area contributed by atoms with Crippen molar-refractivity contribution in [1.29, 1.82) is 0 Å². The van der Waals surface area contributed by atoms with E-state index in [9.17, 15) is 0 Å². The highest BCUT2D eigenvalue weighted by atomic mass is 35.5. The van der Waals surface area contributed by atoms with Crippen LogP contribution in [0.2, 0.25) is 10.0 Å². The number of nitrogens with one attached hydrogen (secondary N) is 1. The molecule has 1 saturated heterocycles. The predicted octanol–water partition coefficient (Wildman–Crippen LogP) is 5.07. The first-order valence-electron chi connectivity index (χ1n) is 7.68. The average Bonchev–Trinajstić information content (AvgIpc) is 2.49. The zero-order chi connectivity index (χ0) is 15.4. The molecule has 1 N–H and O–H groups in total. The van der Waals surface area contributed by atoms with Crippen LogP contribution in [0.25, 0.3) is 0 Å². The van der Waals surface area contributed by atoms with Crippen molar-refractivity contribution in [2.75, 3.05) is 18.4 Å². The maximum Gasteiger partial charge on any atom is 0.0441 e. The standard InChI is InChI=1S/C18H20Cl2N2/c19-15-10-16(20)12-18(11-15)21-17-6-8-22(9-7-17)13-14-4-2-1-3-5-14/h1-5,10-12,17,21H,6-9,13H2. The minimum atomic E-state index is 0.488. The third kappa shape index (κ3) is 4.39. The van der Waals surface area contributed by atoms with Gasteiger partial charge in [0.25, 0.3) is 0 Å². The minimum absolute atomic E-state index is 0.488. The second kappa shape index (κ2) is 7.36. The Morgan fingerprint density at radius 2 is 1.59 bits per heavy atom. The molecule has 2 aromatic rings. The number of anilines is 1. The van der Waals surface area contributed by atoms with E-state index >= 15 is 0 Å². The van der Waals surface area contributed by atoms with Gasteiger partial charge in [-0.25, -0.2) is 0 Å². The molecule has 0 bridgehead atoms. The summed E-state index contributed by atoms with van der Waals surface area (Å²) in [5.74, 6) is 0. The molecule has 0 unspecified atom stereocenters. The van der Waals surface area contributed by atoms with Crippen molar-refractivity contribution >= 4 is 28.9 Å². The summed E-state index contributed by atoms with van der Waals surface area (Å²) < 4.78 is 0. The average molecular weight is 335 g/mol. The van der Waals surface area contributed by atoms with Crippen molar-refractivity contribution in [3.05, 3.63) is 64.1 Å². The lowest BCUT2D eigenvalue weighted by Gasteiger charge is -2.33. The van der Waals surface area contributed by atoms with Gasteiger partial charge in [0, 0.05) is 41.4 Å². The van der Waals surface area contributed by atoms with Crippen LogP contribution in [0.1, 0.15) is 18.4 Å². The van der Waals surface area contributed by atoms with Crippen LogP contribution < -0.4 is 5.32 Å². The number of halogens is 2. The Hall–Kier alpha value is -1.22. The molecule has 0 saturated carbocycles. The van der Waals surface area contributed by atoms with Gasteiger partial charge >= 0.3 is 0 Å². The fourth-order valence-electron chi connectivity index (χ4n) is 2.95. The predicted molar refractivity (Wildman–Crippen MR) is 94.8 cm³/mol. The number of nitrogens with zero attached hydrogens (tertiary/aromatic N) is 1. The van der Waals surface area contributed by atoms with Gasteiger partial charge in [0.15, 0.2) is 0 Å². The number of hydrogen-bond acceptors (Lipinski definition) is 2. The summed E-state index contributed by atoms with van der Waals surface area (Å²) in [7, 11) is 0. The van der Waals surface area contributed by atoms with Crippen LogP contribution in [-0.4, -0.2) is 24.0 Å². The molecule has 0 radical (unpaired) electrons. The van der Waals surface area contributed by atoms with E-state index < -0.39 is 0 Å². The Morgan fingerprint density at radius 1 is 0.955 bits per heavy atom. The Kier molecular flexibility index (Phi) is 5.24. The van der Waals surface area contributed by atoms with Crippen LogP contribution in [0.4, 0.5) is 5.69 Å². The highest BCUT2D eigenvalue weighted by Gasteiger charge is 2.19. The van der Waals surface area contributed by atoms with Gasteiger partial charge in [-0.15, -0.1) is 0 Å². The number of likely N-dealkylation sites (tertiary alicyclic amines) is 1. The highest BCUT2D eigenvalue weighted by molar-refractivity contribution is 6.35. The van der Waals surface area contributed by atoms with Gasteiger partial charge in [0.2, 0.25) is 0 Å². The molecular weight excluding hydrogens is 315 g/mol. The summed E-state index contributed by atoms with van der Waals surface area (Å²) in [5.41, 5.74) is 2.40. The normalized spacial score (nSPS) is 16.6. The molecule has 4 heteroatoms. The number of piperidine rings is 1. The first-order chi connectivity index (χ1) is 10.7. The molecular formula is C18H20Cl2N2. The molecule has 1 aliphatic rings. The molecule has 22 heavy (non-hydrogen) atoms. The van der Waals surface area contributed by atoms with E-state index in [0.29, 0.717) is 16.1 Å². The third-order valence-corrected chi connectivity index (χ3v) is 4.51. The largest absolute Gasteiger partial charge is 0.382 e. The van der Waals surface area contributed by atoms with E-state index in [1.807, 2.05) is 12.1 Å². The lowest BCUT2D eigenvalue weighted by molar-refractivity contribution is 0.211. The van der Waals surface area contributed by atoms with E-state index in [0.717, 1.165) is 38.2 Å². The SMILES string of the molecule is Clc1cc(Cl)cc(NC2CCN(Cc3ccccc3)CC2)c1. The monoisotopic (exact) mass is 334 g/mol. The summed E-state index contributed by atoms with van der Waals surface area (Å²) in [6.45, 7) is 3.26. The van der Waals surface area contributed by atoms with Crippen molar-refractivity contribution < 1.29 is 0 Å². The van der Waals surface area contributed by atoms with Crippen molar-refractivity contribution in [3.8, 4) is 0 Å². The Balaban J connectivity index is 1.51. The zero-order valence-electron chi connectivity index (χ0n) is 12.4. The van der Waals surface area contributed by atoms with Crippen molar-refractivity contribution in [1.82, 2.24) is 4.90 Å². The fraction of sp³-hybridized carbons (Fsp3) is 0.333. The lowest BCUT2D eigenvalue weighted by atomic mass is 10.0. The van der Waals surface area contributed by atoms with Crippen LogP contribution in [0.5, 0.6) is 0 Å². The van der Waals surface area contributed by atoms with Gasteiger partial charge < -0.3 is 5.32 Å². The Labute approximate surface area is 142 Å². The first kappa shape index (κ1) is 15.7.